The van der Waals surface area contributed by atoms with Crippen LogP contribution in [0.4, 0.5) is 0 Å². The molecule has 0 saturated carbocycles. The van der Waals surface area contributed by atoms with Crippen LogP contribution in [-0.2, 0) is 16.6 Å². The predicted octanol–water partition coefficient (Wildman–Crippen LogP) is 3.37. The van der Waals surface area contributed by atoms with Crippen LogP contribution in [0, 0.1) is 5.92 Å². The minimum absolute atomic E-state index is 0.0738. The van der Waals surface area contributed by atoms with Crippen molar-refractivity contribution < 1.29 is 14.3 Å². The fourth-order valence-electron chi connectivity index (χ4n) is 3.68. The highest BCUT2D eigenvalue weighted by atomic mass is 32.1. The second-order valence-corrected chi connectivity index (χ2v) is 8.44. The first-order valence-corrected chi connectivity index (χ1v) is 11.0. The van der Waals surface area contributed by atoms with Gasteiger partial charge in [0.25, 0.3) is 5.91 Å². The molecule has 1 aromatic heterocycles. The number of nitrogens with zero attached hydrogens (tertiary/aromatic N) is 3. The molecule has 156 valence electrons. The molecule has 0 N–H and O–H groups in total. The molecule has 30 heavy (non-hydrogen) atoms. The van der Waals surface area contributed by atoms with E-state index >= 15 is 0 Å². The van der Waals surface area contributed by atoms with E-state index in [1.807, 2.05) is 71.1 Å². The third-order valence-corrected chi connectivity index (χ3v) is 6.56. The molecule has 0 unspecified atom stereocenters. The molecule has 3 aromatic rings. The molecule has 1 aliphatic heterocycles. The Labute approximate surface area is 179 Å². The van der Waals surface area contributed by atoms with Crippen LogP contribution >= 0.6 is 11.3 Å². The Hall–Kier alpha value is -2.93. The highest BCUT2D eigenvalue weighted by Gasteiger charge is 2.27. The number of hydrogen-bond donors (Lipinski definition) is 0. The number of hydrogen-bond acceptors (Lipinski definition) is 4. The molecule has 0 atom stereocenters. The minimum atomic E-state index is -0.125. The van der Waals surface area contributed by atoms with E-state index in [1.54, 1.807) is 0 Å². The Kier molecular flexibility index (Phi) is 6.28. The highest BCUT2D eigenvalue weighted by molar-refractivity contribution is 7.16. The van der Waals surface area contributed by atoms with E-state index in [1.165, 1.54) is 11.3 Å². The van der Waals surface area contributed by atoms with Crippen molar-refractivity contribution in [2.24, 2.45) is 18.0 Å². The first kappa shape index (κ1) is 20.3. The molecule has 0 radical (unpaired) electrons. The monoisotopic (exact) mass is 423 g/mol. The zero-order valence-electron chi connectivity index (χ0n) is 17.0. The summed E-state index contributed by atoms with van der Waals surface area (Å²) < 4.78 is 8.69. The zero-order chi connectivity index (χ0) is 20.9. The van der Waals surface area contributed by atoms with Crippen molar-refractivity contribution in [3.05, 3.63) is 59.4 Å². The number of fused-ring (bicyclic) bond motifs is 1. The molecule has 0 bridgehead atoms. The summed E-state index contributed by atoms with van der Waals surface area (Å²) in [6.45, 7) is 1.54. The Bertz CT molecular complexity index is 1100. The molecular weight excluding hydrogens is 398 g/mol. The Morgan fingerprint density at radius 3 is 2.50 bits per heavy atom. The first-order chi connectivity index (χ1) is 14.6. The maximum atomic E-state index is 12.7. The topological polar surface area (TPSA) is 63.9 Å². The van der Waals surface area contributed by atoms with Gasteiger partial charge in [0.05, 0.1) is 23.2 Å². The smallest absolute Gasteiger partial charge is 0.251 e. The summed E-state index contributed by atoms with van der Waals surface area (Å²) in [5.41, 5.74) is 1.08. The van der Waals surface area contributed by atoms with Crippen molar-refractivity contribution in [3.63, 3.8) is 0 Å². The second kappa shape index (κ2) is 9.26. The molecule has 1 saturated heterocycles. The van der Waals surface area contributed by atoms with E-state index in [2.05, 4.69) is 4.99 Å². The van der Waals surface area contributed by atoms with E-state index in [4.69, 9.17) is 4.74 Å². The van der Waals surface area contributed by atoms with Gasteiger partial charge in [-0.3, -0.25) is 9.59 Å². The van der Waals surface area contributed by atoms with Gasteiger partial charge in [-0.05, 0) is 37.1 Å². The van der Waals surface area contributed by atoms with Gasteiger partial charge in [-0.15, -0.1) is 0 Å². The third-order valence-electron chi connectivity index (χ3n) is 5.45. The first-order valence-electron chi connectivity index (χ1n) is 10.2. The molecule has 1 fully saturated rings. The third kappa shape index (κ3) is 4.62. The number of para-hydroxylation sites is 2. The van der Waals surface area contributed by atoms with Crippen LogP contribution in [0.5, 0.6) is 5.75 Å². The lowest BCUT2D eigenvalue weighted by molar-refractivity contribution is -0.135. The Morgan fingerprint density at radius 1 is 1.07 bits per heavy atom. The Morgan fingerprint density at radius 2 is 1.77 bits per heavy atom. The van der Waals surface area contributed by atoms with Crippen molar-refractivity contribution in [1.82, 2.24) is 9.47 Å². The van der Waals surface area contributed by atoms with E-state index < -0.39 is 0 Å². The lowest BCUT2D eigenvalue weighted by atomic mass is 9.96. The molecule has 1 aliphatic rings. The standard InChI is InChI=1S/C23H25N3O3S/c1-25-19-9-5-6-10-20(19)30-23(25)24-22(28)17-11-14-26(15-12-17)21(27)13-16-29-18-7-3-2-4-8-18/h2-10,17H,11-16H2,1H3. The summed E-state index contributed by atoms with van der Waals surface area (Å²) in [6, 6.07) is 17.5. The predicted molar refractivity (Wildman–Crippen MR) is 117 cm³/mol. The van der Waals surface area contributed by atoms with Crippen LogP contribution in [0.2, 0.25) is 0 Å². The van der Waals surface area contributed by atoms with Crippen molar-refractivity contribution in [2.75, 3.05) is 19.7 Å². The normalized spacial score (nSPS) is 15.5. The van der Waals surface area contributed by atoms with Crippen molar-refractivity contribution in [2.45, 2.75) is 19.3 Å². The van der Waals surface area contributed by atoms with Gasteiger partial charge in [0.15, 0.2) is 4.80 Å². The zero-order valence-corrected chi connectivity index (χ0v) is 17.8. The number of thiazole rings is 1. The Balaban J connectivity index is 1.30. The quantitative estimate of drug-likeness (QED) is 0.632. The number of rotatable bonds is 5. The maximum absolute atomic E-state index is 12.7. The summed E-state index contributed by atoms with van der Waals surface area (Å²) >= 11 is 1.53. The lowest BCUT2D eigenvalue weighted by Crippen LogP contribution is -2.40. The van der Waals surface area contributed by atoms with E-state index in [9.17, 15) is 9.59 Å². The number of amides is 2. The molecule has 4 rings (SSSR count). The van der Waals surface area contributed by atoms with Crippen LogP contribution in [0.3, 0.4) is 0 Å². The van der Waals surface area contributed by atoms with Crippen LogP contribution in [0.15, 0.2) is 59.6 Å². The van der Waals surface area contributed by atoms with Crippen LogP contribution in [0.1, 0.15) is 19.3 Å². The summed E-state index contributed by atoms with van der Waals surface area (Å²) in [4.78, 5) is 32.1. The number of ether oxygens (including phenoxy) is 1. The molecular formula is C23H25N3O3S. The molecule has 0 spiro atoms. The number of likely N-dealkylation sites (tertiary alicyclic amines) is 1. The molecule has 7 heteroatoms. The molecule has 2 heterocycles. The van der Waals surface area contributed by atoms with Crippen LogP contribution in [0.25, 0.3) is 10.2 Å². The van der Waals surface area contributed by atoms with Crippen molar-refractivity contribution in [1.29, 1.82) is 0 Å². The fraction of sp³-hybridized carbons (Fsp3) is 0.348. The van der Waals surface area contributed by atoms with Gasteiger partial charge < -0.3 is 14.2 Å². The van der Waals surface area contributed by atoms with E-state index in [0.717, 1.165) is 20.8 Å². The lowest BCUT2D eigenvalue weighted by Gasteiger charge is -2.30. The number of piperidine rings is 1. The van der Waals surface area contributed by atoms with Gasteiger partial charge in [0, 0.05) is 26.1 Å². The van der Waals surface area contributed by atoms with Crippen LogP contribution in [-0.4, -0.2) is 41.0 Å². The largest absolute Gasteiger partial charge is 0.493 e. The molecule has 2 amide bonds. The number of carbonyl (C=O) groups is 2. The SMILES string of the molecule is Cn1c(=NC(=O)C2CCN(C(=O)CCOc3ccccc3)CC2)sc2ccccc21. The molecule has 6 nitrogen and oxygen atoms in total. The number of carbonyl (C=O) groups excluding carboxylic acids is 2. The number of aromatic nitrogens is 1. The number of benzene rings is 2. The van der Waals surface area contributed by atoms with Gasteiger partial charge in [-0.1, -0.05) is 41.7 Å². The van der Waals surface area contributed by atoms with Gasteiger partial charge in [0.2, 0.25) is 5.91 Å². The van der Waals surface area contributed by atoms with Gasteiger partial charge in [-0.2, -0.15) is 4.99 Å². The molecule has 0 aliphatic carbocycles. The number of aryl methyl sites for hydroxylation is 1. The summed E-state index contributed by atoms with van der Waals surface area (Å²) in [7, 11) is 1.93. The van der Waals surface area contributed by atoms with Gasteiger partial charge in [0.1, 0.15) is 5.75 Å². The highest BCUT2D eigenvalue weighted by Crippen LogP contribution is 2.20. The maximum Gasteiger partial charge on any atom is 0.251 e. The summed E-state index contributed by atoms with van der Waals surface area (Å²) in [6.07, 6.45) is 1.65. The average molecular weight is 424 g/mol. The van der Waals surface area contributed by atoms with Gasteiger partial charge in [-0.25, -0.2) is 0 Å². The molecule has 2 aromatic carbocycles. The van der Waals surface area contributed by atoms with E-state index in [-0.39, 0.29) is 17.7 Å². The summed E-state index contributed by atoms with van der Waals surface area (Å²) in [5, 5.41) is 0. The second-order valence-electron chi connectivity index (χ2n) is 7.43. The van der Waals surface area contributed by atoms with E-state index in [0.29, 0.717) is 39.0 Å². The van der Waals surface area contributed by atoms with Crippen molar-refractivity contribution in [3.8, 4) is 5.75 Å². The summed E-state index contributed by atoms with van der Waals surface area (Å²) in [5.74, 6) is 0.631. The van der Waals surface area contributed by atoms with Gasteiger partial charge >= 0.3 is 0 Å². The average Bonchev–Trinajstić information content (AvgIpc) is 3.10. The van der Waals surface area contributed by atoms with Crippen molar-refractivity contribution >= 4 is 33.4 Å². The minimum Gasteiger partial charge on any atom is -0.493 e. The van der Waals surface area contributed by atoms with Crippen LogP contribution < -0.4 is 9.54 Å². The fourth-order valence-corrected chi connectivity index (χ4v) is 4.70.